The number of hydrogen-bond acceptors (Lipinski definition) is 6. The number of fused-ring (bicyclic) bond motifs is 1. The second-order valence-corrected chi connectivity index (χ2v) is 8.37. The number of urea groups is 1. The molecule has 0 aliphatic carbocycles. The van der Waals surface area contributed by atoms with Crippen molar-refractivity contribution in [3.63, 3.8) is 0 Å². The second-order valence-electron chi connectivity index (χ2n) is 7.56. The molecule has 0 saturated heterocycles. The van der Waals surface area contributed by atoms with Gasteiger partial charge in [-0.25, -0.2) is 9.78 Å². The molecule has 0 aliphatic heterocycles. The van der Waals surface area contributed by atoms with Crippen molar-refractivity contribution in [1.29, 1.82) is 0 Å². The maximum Gasteiger partial charge on any atom is 0.320 e. The molecule has 0 aliphatic rings. The van der Waals surface area contributed by atoms with Crippen LogP contribution in [0.4, 0.5) is 10.6 Å². The van der Waals surface area contributed by atoms with Crippen LogP contribution < -0.4 is 20.1 Å². The van der Waals surface area contributed by atoms with Gasteiger partial charge in [0.05, 0.1) is 41.5 Å². The smallest absolute Gasteiger partial charge is 0.320 e. The van der Waals surface area contributed by atoms with Gasteiger partial charge in [0, 0.05) is 6.54 Å². The molecular weight excluding hydrogens is 491 g/mol. The summed E-state index contributed by atoms with van der Waals surface area (Å²) >= 11 is 12.1. The van der Waals surface area contributed by atoms with Gasteiger partial charge in [0.25, 0.3) is 0 Å². The fraction of sp³-hybridized carbons (Fsp3) is 0.160. The van der Waals surface area contributed by atoms with Crippen molar-refractivity contribution in [3.8, 4) is 28.4 Å². The Bertz CT molecular complexity index is 1370. The Kier molecular flexibility index (Phi) is 7.43. The van der Waals surface area contributed by atoms with Gasteiger partial charge in [0.1, 0.15) is 11.5 Å². The number of halogens is 2. The molecule has 0 spiro atoms. The predicted molar refractivity (Wildman–Crippen MR) is 137 cm³/mol. The van der Waals surface area contributed by atoms with E-state index in [0.29, 0.717) is 41.1 Å². The van der Waals surface area contributed by atoms with Crippen LogP contribution in [-0.4, -0.2) is 41.9 Å². The molecule has 3 aromatic carbocycles. The lowest BCUT2D eigenvalue weighted by Gasteiger charge is -2.12. The number of hydrogen-bond donors (Lipinski definition) is 3. The number of carbonyl (C=O) groups is 1. The molecule has 0 atom stereocenters. The van der Waals surface area contributed by atoms with Gasteiger partial charge in [-0.05, 0) is 65.6 Å². The minimum atomic E-state index is -0.409. The molecule has 4 aromatic rings. The number of aromatic nitrogens is 2. The lowest BCUT2D eigenvalue weighted by molar-refractivity contribution is 0.252. The summed E-state index contributed by atoms with van der Waals surface area (Å²) in [5.74, 6) is 1.57. The van der Waals surface area contributed by atoms with E-state index >= 15 is 0 Å². The number of aromatic hydroxyl groups is 1. The maximum atomic E-state index is 12.4. The third kappa shape index (κ3) is 5.67. The van der Waals surface area contributed by atoms with E-state index in [4.69, 9.17) is 32.7 Å². The number of nitrogens with zero attached hydrogens (tertiary/aromatic N) is 2. The van der Waals surface area contributed by atoms with Crippen LogP contribution in [0.5, 0.6) is 17.2 Å². The molecular formula is C25H22Cl2N4O4. The van der Waals surface area contributed by atoms with Crippen LogP contribution in [0.15, 0.2) is 54.7 Å². The van der Waals surface area contributed by atoms with Crippen molar-refractivity contribution >= 4 is 46.1 Å². The van der Waals surface area contributed by atoms with Gasteiger partial charge in [-0.3, -0.25) is 10.3 Å². The zero-order valence-electron chi connectivity index (χ0n) is 18.9. The lowest BCUT2D eigenvalue weighted by atomic mass is 10.0. The van der Waals surface area contributed by atoms with E-state index in [1.165, 1.54) is 6.20 Å². The number of phenolic OH excluding ortho intramolecular Hbond substituents is 1. The van der Waals surface area contributed by atoms with E-state index in [2.05, 4.69) is 20.6 Å². The molecule has 2 amide bonds. The number of rotatable bonds is 7. The Morgan fingerprint density at radius 2 is 1.74 bits per heavy atom. The Morgan fingerprint density at radius 3 is 2.46 bits per heavy atom. The number of carbonyl (C=O) groups excluding carboxylic acids is 1. The van der Waals surface area contributed by atoms with Gasteiger partial charge in [-0.15, -0.1) is 0 Å². The molecule has 1 heterocycles. The number of phenols is 1. The molecule has 1 aromatic heterocycles. The zero-order chi connectivity index (χ0) is 24.9. The molecule has 8 nitrogen and oxygen atoms in total. The summed E-state index contributed by atoms with van der Waals surface area (Å²) in [7, 11) is 3.19. The van der Waals surface area contributed by atoms with Crippen molar-refractivity contribution in [2.75, 3.05) is 26.1 Å². The molecule has 3 N–H and O–H groups in total. The number of nitrogens with one attached hydrogen (secondary N) is 2. The molecule has 0 unspecified atom stereocenters. The molecule has 180 valence electrons. The minimum absolute atomic E-state index is 0.150. The third-order valence-corrected chi connectivity index (χ3v) is 5.88. The summed E-state index contributed by atoms with van der Waals surface area (Å²) < 4.78 is 10.6. The fourth-order valence-corrected chi connectivity index (χ4v) is 4.02. The number of ether oxygens (including phenoxy) is 2. The van der Waals surface area contributed by atoms with Gasteiger partial charge in [-0.1, -0.05) is 29.3 Å². The first-order valence-corrected chi connectivity index (χ1v) is 11.3. The van der Waals surface area contributed by atoms with E-state index in [1.54, 1.807) is 38.5 Å². The minimum Gasteiger partial charge on any atom is -0.505 e. The standard InChI is InChI=1S/C25H22Cl2N4O4/c1-34-17-4-6-22(35-2)15(9-17)7-8-28-25(33)31-23-13-29-20-5-3-14(12-21(20)30-23)16-10-18(26)24(32)19(27)11-16/h3-6,9-13,32H,7-8H2,1-2H3,(H2,28,30,31,33). The van der Waals surface area contributed by atoms with Crippen molar-refractivity contribution < 1.29 is 19.4 Å². The molecule has 35 heavy (non-hydrogen) atoms. The number of amides is 2. The summed E-state index contributed by atoms with van der Waals surface area (Å²) in [5.41, 5.74) is 3.64. The van der Waals surface area contributed by atoms with E-state index < -0.39 is 6.03 Å². The van der Waals surface area contributed by atoms with E-state index in [0.717, 1.165) is 16.9 Å². The van der Waals surface area contributed by atoms with Crippen LogP contribution >= 0.6 is 23.2 Å². The Morgan fingerprint density at radius 1 is 0.971 bits per heavy atom. The van der Waals surface area contributed by atoms with E-state index in [-0.39, 0.29) is 15.8 Å². The van der Waals surface area contributed by atoms with Crippen molar-refractivity contribution in [2.24, 2.45) is 0 Å². The number of anilines is 1. The first kappa shape index (κ1) is 24.4. The number of methoxy groups -OCH3 is 2. The normalized spacial score (nSPS) is 10.7. The van der Waals surface area contributed by atoms with Gasteiger partial charge >= 0.3 is 6.03 Å². The first-order valence-electron chi connectivity index (χ1n) is 10.6. The largest absolute Gasteiger partial charge is 0.505 e. The average Bonchev–Trinajstić information content (AvgIpc) is 2.86. The molecule has 0 fully saturated rings. The zero-order valence-corrected chi connectivity index (χ0v) is 20.4. The average molecular weight is 513 g/mol. The Labute approximate surface area is 211 Å². The molecule has 4 rings (SSSR count). The predicted octanol–water partition coefficient (Wildman–Crippen LogP) is 5.69. The molecule has 10 heteroatoms. The number of benzene rings is 3. The van der Waals surface area contributed by atoms with Crippen LogP contribution in [0.25, 0.3) is 22.2 Å². The van der Waals surface area contributed by atoms with Crippen LogP contribution in [0.3, 0.4) is 0 Å². The van der Waals surface area contributed by atoms with Crippen LogP contribution in [-0.2, 0) is 6.42 Å². The summed E-state index contributed by atoms with van der Waals surface area (Å²) in [5, 5.41) is 15.6. The monoisotopic (exact) mass is 512 g/mol. The van der Waals surface area contributed by atoms with Gasteiger partial charge in [-0.2, -0.15) is 0 Å². The molecule has 0 radical (unpaired) electrons. The van der Waals surface area contributed by atoms with Crippen LogP contribution in [0, 0.1) is 0 Å². The van der Waals surface area contributed by atoms with Gasteiger partial charge in [0.2, 0.25) is 0 Å². The van der Waals surface area contributed by atoms with Crippen LogP contribution in [0.1, 0.15) is 5.56 Å². The Balaban J connectivity index is 1.44. The summed E-state index contributed by atoms with van der Waals surface area (Å²) in [6.45, 7) is 0.378. The quantitative estimate of drug-likeness (QED) is 0.293. The van der Waals surface area contributed by atoms with Gasteiger partial charge in [0.15, 0.2) is 11.6 Å². The highest BCUT2D eigenvalue weighted by Crippen LogP contribution is 2.37. The third-order valence-electron chi connectivity index (χ3n) is 5.30. The SMILES string of the molecule is COc1ccc(OC)c(CCNC(=O)Nc2cnc3ccc(-c4cc(Cl)c(O)c(Cl)c4)cc3n2)c1. The van der Waals surface area contributed by atoms with E-state index in [9.17, 15) is 9.90 Å². The topological polar surface area (TPSA) is 106 Å². The van der Waals surface area contributed by atoms with Crippen molar-refractivity contribution in [2.45, 2.75) is 6.42 Å². The summed E-state index contributed by atoms with van der Waals surface area (Å²) in [6, 6.07) is 13.8. The lowest BCUT2D eigenvalue weighted by Crippen LogP contribution is -2.30. The van der Waals surface area contributed by atoms with Crippen molar-refractivity contribution in [3.05, 3.63) is 70.3 Å². The molecule has 0 saturated carbocycles. The van der Waals surface area contributed by atoms with E-state index in [1.807, 2.05) is 24.3 Å². The maximum absolute atomic E-state index is 12.4. The highest BCUT2D eigenvalue weighted by atomic mass is 35.5. The summed E-state index contributed by atoms with van der Waals surface area (Å²) in [4.78, 5) is 21.3. The second kappa shape index (κ2) is 10.7. The first-order chi connectivity index (χ1) is 16.9. The Hall–Kier alpha value is -3.75. The van der Waals surface area contributed by atoms with Gasteiger partial charge < -0.3 is 19.9 Å². The van der Waals surface area contributed by atoms with Crippen LogP contribution in [0.2, 0.25) is 10.0 Å². The molecule has 0 bridgehead atoms. The summed E-state index contributed by atoms with van der Waals surface area (Å²) in [6.07, 6.45) is 2.04. The highest BCUT2D eigenvalue weighted by molar-refractivity contribution is 6.37. The van der Waals surface area contributed by atoms with Crippen molar-refractivity contribution in [1.82, 2.24) is 15.3 Å². The fourth-order valence-electron chi connectivity index (χ4n) is 3.53. The highest BCUT2D eigenvalue weighted by Gasteiger charge is 2.11.